The summed E-state index contributed by atoms with van der Waals surface area (Å²) in [7, 11) is -3.48. The quantitative estimate of drug-likeness (QED) is 0.773. The van der Waals surface area contributed by atoms with Gasteiger partial charge < -0.3 is 10.1 Å². The number of anilines is 1. The molecule has 3 rings (SSSR count). The van der Waals surface area contributed by atoms with Crippen LogP contribution in [0.3, 0.4) is 0 Å². The number of morpholine rings is 1. The minimum absolute atomic E-state index is 0.0501. The van der Waals surface area contributed by atoms with Crippen molar-refractivity contribution in [3.8, 4) is 0 Å². The second kappa shape index (κ2) is 9.32. The number of para-hydroxylation sites is 1. The fraction of sp³-hybridized carbons (Fsp3) is 0.381. The van der Waals surface area contributed by atoms with E-state index >= 15 is 0 Å². The van der Waals surface area contributed by atoms with Crippen LogP contribution in [0.2, 0.25) is 0 Å². The maximum atomic E-state index is 12.6. The van der Waals surface area contributed by atoms with Crippen molar-refractivity contribution in [2.75, 3.05) is 31.6 Å². The zero-order chi connectivity index (χ0) is 20.0. The van der Waals surface area contributed by atoms with Crippen LogP contribution in [-0.2, 0) is 32.4 Å². The van der Waals surface area contributed by atoms with Crippen molar-refractivity contribution in [2.24, 2.45) is 0 Å². The lowest BCUT2D eigenvalue weighted by Crippen LogP contribution is -2.40. The summed E-state index contributed by atoms with van der Waals surface area (Å²) in [5.41, 5.74) is 2.88. The molecule has 0 aliphatic carbocycles. The Morgan fingerprint density at radius 3 is 2.43 bits per heavy atom. The van der Waals surface area contributed by atoms with E-state index in [9.17, 15) is 13.2 Å². The number of amides is 1. The van der Waals surface area contributed by atoms with Crippen LogP contribution < -0.4 is 5.32 Å². The van der Waals surface area contributed by atoms with Gasteiger partial charge >= 0.3 is 0 Å². The molecule has 0 spiro atoms. The molecule has 1 fully saturated rings. The van der Waals surface area contributed by atoms with Gasteiger partial charge in [-0.15, -0.1) is 0 Å². The lowest BCUT2D eigenvalue weighted by Gasteiger charge is -2.26. The van der Waals surface area contributed by atoms with Crippen LogP contribution in [0.5, 0.6) is 0 Å². The van der Waals surface area contributed by atoms with Crippen LogP contribution in [-0.4, -0.2) is 44.9 Å². The molecule has 0 aromatic heterocycles. The highest BCUT2D eigenvalue weighted by Crippen LogP contribution is 2.19. The van der Waals surface area contributed by atoms with E-state index in [0.29, 0.717) is 39.1 Å². The third kappa shape index (κ3) is 4.98. The standard InChI is InChI=1S/C21H26N2O4S/c1-2-18-5-3-4-6-20(18)22-21(24)12-9-17-7-10-19(11-8-17)28(25,26)23-13-15-27-16-14-23/h3-8,10-11H,2,9,12-16H2,1H3,(H,22,24). The summed E-state index contributed by atoms with van der Waals surface area (Å²) in [5.74, 6) is -0.0501. The van der Waals surface area contributed by atoms with Crippen molar-refractivity contribution >= 4 is 21.6 Å². The van der Waals surface area contributed by atoms with Crippen LogP contribution in [0.1, 0.15) is 24.5 Å². The molecule has 6 nitrogen and oxygen atoms in total. The van der Waals surface area contributed by atoms with Crippen LogP contribution in [0.4, 0.5) is 5.69 Å². The van der Waals surface area contributed by atoms with Crippen LogP contribution in [0.25, 0.3) is 0 Å². The molecule has 0 bridgehead atoms. The molecule has 0 saturated carbocycles. The number of rotatable bonds is 7. The van der Waals surface area contributed by atoms with Gasteiger partial charge in [-0.2, -0.15) is 4.31 Å². The summed E-state index contributed by atoms with van der Waals surface area (Å²) in [6.45, 7) is 3.66. The summed E-state index contributed by atoms with van der Waals surface area (Å²) in [5, 5.41) is 2.96. The Labute approximate surface area is 166 Å². The number of benzene rings is 2. The average Bonchev–Trinajstić information content (AvgIpc) is 2.73. The topological polar surface area (TPSA) is 75.7 Å². The largest absolute Gasteiger partial charge is 0.379 e. The molecule has 7 heteroatoms. The van der Waals surface area contributed by atoms with Crippen molar-refractivity contribution in [1.29, 1.82) is 0 Å². The Hall–Kier alpha value is -2.22. The van der Waals surface area contributed by atoms with Crippen molar-refractivity contribution in [3.63, 3.8) is 0 Å². The molecule has 0 unspecified atom stereocenters. The van der Waals surface area contributed by atoms with Gasteiger partial charge in [-0.05, 0) is 42.2 Å². The van der Waals surface area contributed by atoms with E-state index in [0.717, 1.165) is 23.2 Å². The monoisotopic (exact) mass is 402 g/mol. The Balaban J connectivity index is 1.57. The number of nitrogens with one attached hydrogen (secondary N) is 1. The number of carbonyl (C=O) groups excluding carboxylic acids is 1. The van der Waals surface area contributed by atoms with Gasteiger partial charge in [0.2, 0.25) is 15.9 Å². The Morgan fingerprint density at radius 1 is 1.07 bits per heavy atom. The Kier molecular flexibility index (Phi) is 6.83. The van der Waals surface area contributed by atoms with Crippen molar-refractivity contribution in [2.45, 2.75) is 31.1 Å². The van der Waals surface area contributed by atoms with Crippen LogP contribution >= 0.6 is 0 Å². The zero-order valence-electron chi connectivity index (χ0n) is 16.1. The second-order valence-electron chi connectivity index (χ2n) is 6.72. The third-order valence-corrected chi connectivity index (χ3v) is 6.76. The zero-order valence-corrected chi connectivity index (χ0v) is 16.9. The molecule has 150 valence electrons. The summed E-state index contributed by atoms with van der Waals surface area (Å²) < 4.78 is 31.9. The molecule has 2 aromatic rings. The molecule has 1 amide bonds. The van der Waals surface area contributed by atoms with Gasteiger partial charge in [0.25, 0.3) is 0 Å². The molecule has 1 aliphatic heterocycles. The maximum absolute atomic E-state index is 12.6. The number of ether oxygens (including phenoxy) is 1. The number of nitrogens with zero attached hydrogens (tertiary/aromatic N) is 1. The first kappa shape index (κ1) is 20.5. The maximum Gasteiger partial charge on any atom is 0.243 e. The molecule has 28 heavy (non-hydrogen) atoms. The lowest BCUT2D eigenvalue weighted by atomic mass is 10.1. The van der Waals surface area contributed by atoms with Gasteiger partial charge in [-0.3, -0.25) is 4.79 Å². The van der Waals surface area contributed by atoms with Crippen molar-refractivity contribution in [3.05, 3.63) is 59.7 Å². The van der Waals surface area contributed by atoms with E-state index in [1.807, 2.05) is 24.3 Å². The van der Waals surface area contributed by atoms with Gasteiger partial charge in [0.05, 0.1) is 18.1 Å². The highest BCUT2D eigenvalue weighted by molar-refractivity contribution is 7.89. The smallest absolute Gasteiger partial charge is 0.243 e. The average molecular weight is 403 g/mol. The first-order valence-electron chi connectivity index (χ1n) is 9.55. The molecule has 1 saturated heterocycles. The van der Waals surface area contributed by atoms with Gasteiger partial charge in [0.15, 0.2) is 0 Å². The first-order chi connectivity index (χ1) is 13.5. The minimum atomic E-state index is -3.48. The van der Waals surface area contributed by atoms with Crippen LogP contribution in [0, 0.1) is 0 Å². The van der Waals surface area contributed by atoms with Crippen LogP contribution in [0.15, 0.2) is 53.4 Å². The predicted octanol–water partition coefficient (Wildman–Crippen LogP) is 2.84. The second-order valence-corrected chi connectivity index (χ2v) is 8.66. The predicted molar refractivity (Wildman–Crippen MR) is 109 cm³/mol. The molecule has 1 aliphatic rings. The molecular weight excluding hydrogens is 376 g/mol. The van der Waals surface area contributed by atoms with Gasteiger partial charge in [-0.25, -0.2) is 8.42 Å². The molecule has 0 radical (unpaired) electrons. The number of aryl methyl sites for hydroxylation is 2. The number of hydrogen-bond acceptors (Lipinski definition) is 4. The number of carbonyl (C=O) groups is 1. The highest BCUT2D eigenvalue weighted by atomic mass is 32.2. The van der Waals surface area contributed by atoms with Gasteiger partial charge in [-0.1, -0.05) is 37.3 Å². The van der Waals surface area contributed by atoms with E-state index in [1.54, 1.807) is 24.3 Å². The van der Waals surface area contributed by atoms with Gasteiger partial charge in [0.1, 0.15) is 0 Å². The lowest BCUT2D eigenvalue weighted by molar-refractivity contribution is -0.116. The number of sulfonamides is 1. The molecule has 0 atom stereocenters. The summed E-state index contributed by atoms with van der Waals surface area (Å²) in [6, 6.07) is 14.6. The van der Waals surface area contributed by atoms with Crippen molar-refractivity contribution < 1.29 is 17.9 Å². The third-order valence-electron chi connectivity index (χ3n) is 4.84. The fourth-order valence-corrected chi connectivity index (χ4v) is 4.59. The van der Waals surface area contributed by atoms with E-state index < -0.39 is 10.0 Å². The van der Waals surface area contributed by atoms with E-state index in [-0.39, 0.29) is 10.8 Å². The Morgan fingerprint density at radius 2 is 1.75 bits per heavy atom. The first-order valence-corrected chi connectivity index (χ1v) is 11.0. The SMILES string of the molecule is CCc1ccccc1NC(=O)CCc1ccc(S(=O)(=O)N2CCOCC2)cc1. The highest BCUT2D eigenvalue weighted by Gasteiger charge is 2.26. The normalized spacial score (nSPS) is 15.3. The molecule has 1 N–H and O–H groups in total. The molecule has 1 heterocycles. The summed E-state index contributed by atoms with van der Waals surface area (Å²) in [6.07, 6.45) is 1.75. The van der Waals surface area contributed by atoms with E-state index in [2.05, 4.69) is 12.2 Å². The van der Waals surface area contributed by atoms with E-state index in [4.69, 9.17) is 4.74 Å². The van der Waals surface area contributed by atoms with Gasteiger partial charge in [0, 0.05) is 25.2 Å². The summed E-state index contributed by atoms with van der Waals surface area (Å²) >= 11 is 0. The summed E-state index contributed by atoms with van der Waals surface area (Å²) in [4.78, 5) is 12.5. The molecule has 2 aromatic carbocycles. The molecular formula is C21H26N2O4S. The Bertz CT molecular complexity index is 904. The number of hydrogen-bond donors (Lipinski definition) is 1. The van der Waals surface area contributed by atoms with Crippen molar-refractivity contribution in [1.82, 2.24) is 4.31 Å². The van der Waals surface area contributed by atoms with E-state index in [1.165, 1.54) is 4.31 Å². The fourth-order valence-electron chi connectivity index (χ4n) is 3.19. The minimum Gasteiger partial charge on any atom is -0.379 e.